The van der Waals surface area contributed by atoms with Crippen LogP contribution in [-0.4, -0.2) is 20.5 Å². The first-order chi connectivity index (χ1) is 9.37. The summed E-state index contributed by atoms with van der Waals surface area (Å²) in [5.41, 5.74) is 6.79. The number of rotatable bonds is 4. The van der Waals surface area contributed by atoms with E-state index in [0.717, 1.165) is 12.1 Å². The number of hydrogen-bond acceptors (Lipinski definition) is 4. The second-order valence-electron chi connectivity index (χ2n) is 5.70. The van der Waals surface area contributed by atoms with Crippen LogP contribution in [-0.2, 0) is 10.0 Å². The maximum atomic E-state index is 11.2. The van der Waals surface area contributed by atoms with E-state index >= 15 is 0 Å². The Kier molecular flexibility index (Phi) is 4.36. The van der Waals surface area contributed by atoms with Crippen molar-refractivity contribution in [1.29, 1.82) is 0 Å². The summed E-state index contributed by atoms with van der Waals surface area (Å²) in [6.07, 6.45) is 4.62. The third kappa shape index (κ3) is 3.13. The molecular formula is C14H23N3O2S. The average molecular weight is 297 g/mol. The van der Waals surface area contributed by atoms with E-state index in [4.69, 9.17) is 10.9 Å². The third-order valence-electron chi connectivity index (χ3n) is 4.39. The summed E-state index contributed by atoms with van der Waals surface area (Å²) in [7, 11) is -3.64. The van der Waals surface area contributed by atoms with Crippen molar-refractivity contribution in [2.24, 2.45) is 16.8 Å². The Bertz CT molecular complexity index is 556. The Morgan fingerprint density at radius 2 is 1.95 bits per heavy atom. The van der Waals surface area contributed by atoms with Gasteiger partial charge >= 0.3 is 0 Å². The summed E-state index contributed by atoms with van der Waals surface area (Å²) >= 11 is 0. The molecule has 0 amide bonds. The van der Waals surface area contributed by atoms with Gasteiger partial charge in [-0.05, 0) is 43.0 Å². The molecule has 2 rings (SSSR count). The number of hydrogen-bond donors (Lipinski definition) is 3. The van der Waals surface area contributed by atoms with Crippen LogP contribution in [0, 0.1) is 5.92 Å². The minimum atomic E-state index is -3.64. The van der Waals surface area contributed by atoms with Crippen LogP contribution in [0.2, 0.25) is 0 Å². The predicted molar refractivity (Wildman–Crippen MR) is 80.9 cm³/mol. The highest BCUT2D eigenvalue weighted by molar-refractivity contribution is 7.89. The Balaban J connectivity index is 2.20. The van der Waals surface area contributed by atoms with Crippen LogP contribution in [0.3, 0.4) is 0 Å². The minimum Gasteiger partial charge on any atom is -0.378 e. The van der Waals surface area contributed by atoms with Crippen LogP contribution in [0.5, 0.6) is 0 Å². The molecule has 0 saturated heterocycles. The molecule has 2 unspecified atom stereocenters. The fourth-order valence-corrected chi connectivity index (χ4v) is 3.48. The maximum absolute atomic E-state index is 11.2. The Hall–Kier alpha value is -1.11. The van der Waals surface area contributed by atoms with E-state index in [1.165, 1.54) is 31.4 Å². The molecule has 0 aromatic heterocycles. The third-order valence-corrected chi connectivity index (χ3v) is 5.32. The molecule has 112 valence electrons. The zero-order chi connectivity index (χ0) is 14.8. The molecule has 1 fully saturated rings. The van der Waals surface area contributed by atoms with Crippen LogP contribution < -0.4 is 16.2 Å². The van der Waals surface area contributed by atoms with Crippen molar-refractivity contribution in [3.63, 3.8) is 0 Å². The highest BCUT2D eigenvalue weighted by Crippen LogP contribution is 2.35. The molecule has 0 bridgehead atoms. The van der Waals surface area contributed by atoms with E-state index in [2.05, 4.69) is 12.2 Å². The van der Waals surface area contributed by atoms with Gasteiger partial charge in [0.15, 0.2) is 0 Å². The van der Waals surface area contributed by atoms with Crippen molar-refractivity contribution in [2.75, 3.05) is 11.9 Å². The van der Waals surface area contributed by atoms with Crippen LogP contribution in [0.25, 0.3) is 0 Å². The van der Waals surface area contributed by atoms with Crippen LogP contribution in [0.4, 0.5) is 5.69 Å². The van der Waals surface area contributed by atoms with Crippen LogP contribution >= 0.6 is 0 Å². The highest BCUT2D eigenvalue weighted by Gasteiger charge is 2.36. The van der Waals surface area contributed by atoms with Crippen molar-refractivity contribution in [3.05, 3.63) is 24.3 Å². The first-order valence-electron chi connectivity index (χ1n) is 6.98. The molecule has 0 aliphatic heterocycles. The van der Waals surface area contributed by atoms with Gasteiger partial charge in [-0.3, -0.25) is 0 Å². The number of sulfonamides is 1. The summed E-state index contributed by atoms with van der Waals surface area (Å²) in [5.74, 6) is 0.499. The second-order valence-corrected chi connectivity index (χ2v) is 7.26. The van der Waals surface area contributed by atoms with Gasteiger partial charge < -0.3 is 11.1 Å². The fourth-order valence-electron chi connectivity index (χ4n) is 2.97. The lowest BCUT2D eigenvalue weighted by Gasteiger charge is -2.43. The molecule has 1 aliphatic carbocycles. The minimum absolute atomic E-state index is 0.0959. The Morgan fingerprint density at radius 3 is 2.45 bits per heavy atom. The smallest absolute Gasteiger partial charge is 0.238 e. The van der Waals surface area contributed by atoms with Gasteiger partial charge in [0.25, 0.3) is 0 Å². The number of anilines is 1. The van der Waals surface area contributed by atoms with Crippen molar-refractivity contribution < 1.29 is 8.42 Å². The van der Waals surface area contributed by atoms with E-state index in [1.54, 1.807) is 12.1 Å². The number of nitrogens with one attached hydrogen (secondary N) is 1. The molecule has 1 saturated carbocycles. The lowest BCUT2D eigenvalue weighted by molar-refractivity contribution is 0.235. The van der Waals surface area contributed by atoms with Gasteiger partial charge in [-0.1, -0.05) is 19.8 Å². The summed E-state index contributed by atoms with van der Waals surface area (Å²) < 4.78 is 22.5. The molecule has 5 nitrogen and oxygen atoms in total. The summed E-state index contributed by atoms with van der Waals surface area (Å²) in [4.78, 5) is 0.126. The van der Waals surface area contributed by atoms with E-state index in [9.17, 15) is 8.42 Å². The molecule has 6 heteroatoms. The van der Waals surface area contributed by atoms with Gasteiger partial charge in [0.1, 0.15) is 0 Å². The van der Waals surface area contributed by atoms with Gasteiger partial charge in [-0.2, -0.15) is 0 Å². The fraction of sp³-hybridized carbons (Fsp3) is 0.571. The summed E-state index contributed by atoms with van der Waals surface area (Å²) in [5, 5.41) is 8.61. The van der Waals surface area contributed by atoms with Crippen LogP contribution in [0.1, 0.15) is 32.6 Å². The van der Waals surface area contributed by atoms with Gasteiger partial charge in [0, 0.05) is 12.2 Å². The lowest BCUT2D eigenvalue weighted by Crippen LogP contribution is -2.52. The highest BCUT2D eigenvalue weighted by atomic mass is 32.2. The molecule has 0 heterocycles. The lowest BCUT2D eigenvalue weighted by atomic mass is 9.73. The first kappa shape index (κ1) is 15.3. The number of primary sulfonamides is 1. The van der Waals surface area contributed by atoms with E-state index in [-0.39, 0.29) is 10.4 Å². The molecule has 5 N–H and O–H groups in total. The number of benzene rings is 1. The van der Waals surface area contributed by atoms with Crippen molar-refractivity contribution >= 4 is 15.7 Å². The zero-order valence-corrected chi connectivity index (χ0v) is 12.6. The molecular weight excluding hydrogens is 274 g/mol. The standard InChI is InChI=1S/C14H23N3O2S/c1-11-4-2-3-9-14(11,10-15)17-12-5-7-13(8-6-12)20(16,18)19/h5-8,11,17H,2-4,9-10,15H2,1H3,(H2,16,18,19). The van der Waals surface area contributed by atoms with Crippen molar-refractivity contribution in [1.82, 2.24) is 0 Å². The van der Waals surface area contributed by atoms with Crippen LogP contribution in [0.15, 0.2) is 29.2 Å². The van der Waals surface area contributed by atoms with Crippen molar-refractivity contribution in [3.8, 4) is 0 Å². The molecule has 2 atom stereocenters. The molecule has 0 spiro atoms. The second kappa shape index (κ2) is 5.71. The quantitative estimate of drug-likeness (QED) is 0.787. The Labute approximate surface area is 120 Å². The van der Waals surface area contributed by atoms with Gasteiger partial charge in [0.2, 0.25) is 10.0 Å². The average Bonchev–Trinajstić information content (AvgIpc) is 2.41. The molecule has 1 aromatic rings. The molecule has 1 aromatic carbocycles. The SMILES string of the molecule is CC1CCCCC1(CN)Nc1ccc(S(N)(=O)=O)cc1. The van der Waals surface area contributed by atoms with E-state index in [0.29, 0.717) is 12.5 Å². The van der Waals surface area contributed by atoms with Crippen molar-refractivity contribution in [2.45, 2.75) is 43.0 Å². The largest absolute Gasteiger partial charge is 0.378 e. The number of nitrogens with two attached hydrogens (primary N) is 2. The predicted octanol–water partition coefficient (Wildman–Crippen LogP) is 1.65. The Morgan fingerprint density at radius 1 is 1.30 bits per heavy atom. The van der Waals surface area contributed by atoms with Gasteiger partial charge in [-0.25, -0.2) is 13.6 Å². The molecule has 1 aliphatic rings. The van der Waals surface area contributed by atoms with Gasteiger partial charge in [0.05, 0.1) is 10.4 Å². The van der Waals surface area contributed by atoms with E-state index < -0.39 is 10.0 Å². The topological polar surface area (TPSA) is 98.2 Å². The first-order valence-corrected chi connectivity index (χ1v) is 8.53. The van der Waals surface area contributed by atoms with Gasteiger partial charge in [-0.15, -0.1) is 0 Å². The normalized spacial score (nSPS) is 27.2. The maximum Gasteiger partial charge on any atom is 0.238 e. The summed E-state index contributed by atoms with van der Waals surface area (Å²) in [6.45, 7) is 2.79. The molecule has 0 radical (unpaired) electrons. The monoisotopic (exact) mass is 297 g/mol. The summed E-state index contributed by atoms with van der Waals surface area (Å²) in [6, 6.07) is 6.54. The molecule has 20 heavy (non-hydrogen) atoms. The zero-order valence-electron chi connectivity index (χ0n) is 11.8. The van der Waals surface area contributed by atoms with E-state index in [1.807, 2.05) is 0 Å².